The van der Waals surface area contributed by atoms with E-state index in [1.54, 1.807) is 30.3 Å². The molecule has 80 valence electrons. The summed E-state index contributed by atoms with van der Waals surface area (Å²) in [5.41, 5.74) is 0.890. The van der Waals surface area contributed by atoms with Crippen LogP contribution < -0.4 is 4.74 Å². The number of para-hydroxylation sites is 1. The third-order valence-electron chi connectivity index (χ3n) is 2.09. The van der Waals surface area contributed by atoms with E-state index in [2.05, 4.69) is 4.98 Å². The number of pyridine rings is 1. The van der Waals surface area contributed by atoms with Crippen molar-refractivity contribution in [3.8, 4) is 23.8 Å². The maximum atomic E-state index is 8.89. The summed E-state index contributed by atoms with van der Waals surface area (Å²) < 4.78 is 5.46. The highest BCUT2D eigenvalue weighted by Gasteiger charge is 2.04. The van der Waals surface area contributed by atoms with E-state index in [0.29, 0.717) is 22.8 Å². The monoisotopic (exact) mass is 221 g/mol. The molecule has 0 radical (unpaired) electrons. The van der Waals surface area contributed by atoms with Gasteiger partial charge in [0.1, 0.15) is 11.8 Å². The van der Waals surface area contributed by atoms with Crippen molar-refractivity contribution < 1.29 is 4.74 Å². The van der Waals surface area contributed by atoms with Crippen molar-refractivity contribution >= 4 is 0 Å². The van der Waals surface area contributed by atoms with Crippen molar-refractivity contribution in [3.63, 3.8) is 0 Å². The molecule has 0 atom stereocenters. The van der Waals surface area contributed by atoms with Gasteiger partial charge in [-0.3, -0.25) is 0 Å². The largest absolute Gasteiger partial charge is 0.438 e. The molecule has 0 bridgehead atoms. The Kier molecular flexibility index (Phi) is 3.00. The average Bonchev–Trinajstić information content (AvgIpc) is 2.39. The summed E-state index contributed by atoms with van der Waals surface area (Å²) in [5, 5.41) is 17.6. The van der Waals surface area contributed by atoms with Gasteiger partial charge < -0.3 is 4.74 Å². The van der Waals surface area contributed by atoms with Crippen molar-refractivity contribution in [2.24, 2.45) is 0 Å². The van der Waals surface area contributed by atoms with Gasteiger partial charge >= 0.3 is 0 Å². The predicted octanol–water partition coefficient (Wildman–Crippen LogP) is 2.62. The van der Waals surface area contributed by atoms with E-state index < -0.39 is 0 Å². The Balaban J connectivity index is 2.32. The predicted molar refractivity (Wildman–Crippen MR) is 60.2 cm³/mol. The van der Waals surface area contributed by atoms with Gasteiger partial charge in [-0.05, 0) is 18.2 Å². The normalized spacial score (nSPS) is 9.06. The summed E-state index contributed by atoms with van der Waals surface area (Å²) >= 11 is 0. The molecule has 0 amide bonds. The number of nitrogens with zero attached hydrogens (tertiary/aromatic N) is 3. The van der Waals surface area contributed by atoms with Crippen LogP contribution in [0.5, 0.6) is 11.6 Å². The number of aromatic nitrogens is 1. The Morgan fingerprint density at radius 1 is 1.06 bits per heavy atom. The summed E-state index contributed by atoms with van der Waals surface area (Å²) in [6.07, 6.45) is 1.49. The van der Waals surface area contributed by atoms with Gasteiger partial charge in [0, 0.05) is 12.3 Å². The van der Waals surface area contributed by atoms with Crippen LogP contribution in [0, 0.1) is 22.7 Å². The van der Waals surface area contributed by atoms with Gasteiger partial charge in [-0.15, -0.1) is 0 Å². The van der Waals surface area contributed by atoms with Crippen LogP contribution in [0.1, 0.15) is 11.1 Å². The van der Waals surface area contributed by atoms with Gasteiger partial charge in [0.05, 0.1) is 17.2 Å². The van der Waals surface area contributed by atoms with E-state index in [-0.39, 0.29) is 0 Å². The van der Waals surface area contributed by atoms with E-state index in [4.69, 9.17) is 15.3 Å². The molecule has 0 aliphatic rings. The molecule has 2 aromatic rings. The fourth-order valence-electron chi connectivity index (χ4n) is 1.30. The summed E-state index contributed by atoms with van der Waals surface area (Å²) in [4.78, 5) is 3.98. The van der Waals surface area contributed by atoms with Crippen LogP contribution in [0.15, 0.2) is 42.6 Å². The van der Waals surface area contributed by atoms with Gasteiger partial charge in [-0.25, -0.2) is 4.98 Å². The average molecular weight is 221 g/mol. The maximum absolute atomic E-state index is 8.89. The molecule has 0 unspecified atom stereocenters. The molecule has 1 aromatic heterocycles. The molecule has 0 saturated carbocycles. The van der Waals surface area contributed by atoms with Gasteiger partial charge in [-0.1, -0.05) is 12.1 Å². The van der Waals surface area contributed by atoms with E-state index in [0.717, 1.165) is 0 Å². The quantitative estimate of drug-likeness (QED) is 0.781. The molecule has 0 spiro atoms. The molecule has 17 heavy (non-hydrogen) atoms. The van der Waals surface area contributed by atoms with Crippen molar-refractivity contribution in [1.82, 2.24) is 4.98 Å². The molecule has 0 aliphatic heterocycles. The van der Waals surface area contributed by atoms with Gasteiger partial charge in [0.2, 0.25) is 5.88 Å². The molecule has 4 heteroatoms. The zero-order valence-electron chi connectivity index (χ0n) is 8.79. The van der Waals surface area contributed by atoms with E-state index in [1.165, 1.54) is 12.3 Å². The van der Waals surface area contributed by atoms with Crippen LogP contribution in [0.25, 0.3) is 0 Å². The van der Waals surface area contributed by atoms with Crippen molar-refractivity contribution in [3.05, 3.63) is 53.7 Å². The number of nitriles is 2. The lowest BCUT2D eigenvalue weighted by atomic mass is 10.2. The van der Waals surface area contributed by atoms with Crippen LogP contribution in [0.2, 0.25) is 0 Å². The third-order valence-corrected chi connectivity index (χ3v) is 2.09. The lowest BCUT2D eigenvalue weighted by Crippen LogP contribution is -1.90. The van der Waals surface area contributed by atoms with E-state index >= 15 is 0 Å². The fraction of sp³-hybridized carbons (Fsp3) is 0. The minimum Gasteiger partial charge on any atom is -0.438 e. The summed E-state index contributed by atoms with van der Waals surface area (Å²) in [6, 6.07) is 14.0. The van der Waals surface area contributed by atoms with Gasteiger partial charge in [-0.2, -0.15) is 10.5 Å². The van der Waals surface area contributed by atoms with E-state index in [1.807, 2.05) is 12.1 Å². The Hall–Kier alpha value is -2.85. The van der Waals surface area contributed by atoms with Crippen LogP contribution in [0.4, 0.5) is 0 Å². The lowest BCUT2D eigenvalue weighted by Gasteiger charge is -2.05. The third kappa shape index (κ3) is 2.39. The summed E-state index contributed by atoms with van der Waals surface area (Å²) in [5.74, 6) is 0.726. The SMILES string of the molecule is N#Cc1ccnc(Oc2ccccc2C#N)c1. The molecule has 1 heterocycles. The topological polar surface area (TPSA) is 69.7 Å². The lowest BCUT2D eigenvalue weighted by molar-refractivity contribution is 0.461. The second kappa shape index (κ2) is 4.78. The molecule has 1 aromatic carbocycles. The summed E-state index contributed by atoms with van der Waals surface area (Å²) in [6.45, 7) is 0. The zero-order chi connectivity index (χ0) is 12.1. The highest BCUT2D eigenvalue weighted by atomic mass is 16.5. The standard InChI is InChI=1S/C13H7N3O/c14-8-10-5-6-16-13(7-10)17-12-4-2-1-3-11(12)9-15/h1-7H. The zero-order valence-corrected chi connectivity index (χ0v) is 8.79. The van der Waals surface area contributed by atoms with Crippen LogP contribution in [-0.4, -0.2) is 4.98 Å². The Labute approximate surface area is 98.3 Å². The molecule has 0 saturated heterocycles. The maximum Gasteiger partial charge on any atom is 0.220 e. The van der Waals surface area contributed by atoms with Gasteiger partial charge in [0.15, 0.2) is 0 Å². The first-order valence-electron chi connectivity index (χ1n) is 4.86. The van der Waals surface area contributed by atoms with Crippen LogP contribution in [-0.2, 0) is 0 Å². The molecule has 0 fully saturated rings. The minimum atomic E-state index is 0.298. The number of benzene rings is 1. The highest BCUT2D eigenvalue weighted by Crippen LogP contribution is 2.23. The van der Waals surface area contributed by atoms with Crippen molar-refractivity contribution in [2.45, 2.75) is 0 Å². The molecular weight excluding hydrogens is 214 g/mol. The Morgan fingerprint density at radius 3 is 2.65 bits per heavy atom. The van der Waals surface area contributed by atoms with Gasteiger partial charge in [0.25, 0.3) is 0 Å². The van der Waals surface area contributed by atoms with Crippen LogP contribution >= 0.6 is 0 Å². The summed E-state index contributed by atoms with van der Waals surface area (Å²) in [7, 11) is 0. The number of hydrogen-bond acceptors (Lipinski definition) is 4. The first-order chi connectivity index (χ1) is 8.33. The Morgan fingerprint density at radius 2 is 1.88 bits per heavy atom. The Bertz CT molecular complexity index is 623. The number of hydrogen-bond donors (Lipinski definition) is 0. The molecule has 4 nitrogen and oxygen atoms in total. The number of rotatable bonds is 2. The highest BCUT2D eigenvalue weighted by molar-refractivity contribution is 5.44. The van der Waals surface area contributed by atoms with Crippen molar-refractivity contribution in [2.75, 3.05) is 0 Å². The second-order valence-corrected chi connectivity index (χ2v) is 3.20. The van der Waals surface area contributed by atoms with Crippen molar-refractivity contribution in [1.29, 1.82) is 10.5 Å². The van der Waals surface area contributed by atoms with Crippen LogP contribution in [0.3, 0.4) is 0 Å². The smallest absolute Gasteiger partial charge is 0.220 e. The minimum absolute atomic E-state index is 0.298. The van der Waals surface area contributed by atoms with E-state index in [9.17, 15) is 0 Å². The molecule has 0 aliphatic carbocycles. The fourth-order valence-corrected chi connectivity index (χ4v) is 1.30. The molecule has 0 N–H and O–H groups in total. The first kappa shape index (κ1) is 10.7. The number of ether oxygens (including phenoxy) is 1. The molecule has 2 rings (SSSR count). The first-order valence-corrected chi connectivity index (χ1v) is 4.86. The second-order valence-electron chi connectivity index (χ2n) is 3.20. The molecular formula is C13H7N3O.